The number of alkyl halides is 3. The van der Waals surface area contributed by atoms with Crippen LogP contribution in [0.1, 0.15) is 27.8 Å². The quantitative estimate of drug-likeness (QED) is 0.286. The second-order valence-electron chi connectivity index (χ2n) is 5.16. The van der Waals surface area contributed by atoms with Gasteiger partial charge in [-0.1, -0.05) is 34.8 Å². The number of hydrogen-bond acceptors (Lipinski definition) is 4. The molecular formula is C16H14Cl3N3O3S. The Kier molecular flexibility index (Phi) is 6.88. The van der Waals surface area contributed by atoms with Crippen molar-refractivity contribution in [2.24, 2.45) is 0 Å². The lowest BCUT2D eigenvalue weighted by molar-refractivity contribution is 0.0906. The number of carbonyl (C=O) groups is 2. The third-order valence-corrected chi connectivity index (χ3v) is 4.05. The summed E-state index contributed by atoms with van der Waals surface area (Å²) in [5.74, 6) is -0.564. The number of nitrogens with one attached hydrogen (secondary N) is 3. The number of amides is 1. The minimum Gasteiger partial charge on any atom is -0.459 e. The predicted molar refractivity (Wildman–Crippen MR) is 106 cm³/mol. The molecule has 0 bridgehead atoms. The molecule has 1 heterocycles. The average molecular weight is 435 g/mol. The van der Waals surface area contributed by atoms with E-state index in [1.54, 1.807) is 30.3 Å². The fraction of sp³-hybridized carbons (Fsp3) is 0.188. The van der Waals surface area contributed by atoms with Crippen molar-refractivity contribution in [2.45, 2.75) is 16.9 Å². The lowest BCUT2D eigenvalue weighted by Crippen LogP contribution is -2.56. The van der Waals surface area contributed by atoms with Gasteiger partial charge in [0.1, 0.15) is 6.17 Å². The van der Waals surface area contributed by atoms with Gasteiger partial charge >= 0.3 is 0 Å². The summed E-state index contributed by atoms with van der Waals surface area (Å²) >= 11 is 22.9. The van der Waals surface area contributed by atoms with Crippen LogP contribution in [0.25, 0.3) is 0 Å². The van der Waals surface area contributed by atoms with Gasteiger partial charge in [0.25, 0.3) is 5.91 Å². The lowest BCUT2D eigenvalue weighted by atomic mass is 10.1. The van der Waals surface area contributed by atoms with Gasteiger partial charge in [-0.05, 0) is 55.5 Å². The number of halogens is 3. The minimum absolute atomic E-state index is 0.0471. The molecule has 1 aromatic heterocycles. The first-order valence-corrected chi connectivity index (χ1v) is 8.80. The Labute approximate surface area is 170 Å². The highest BCUT2D eigenvalue weighted by molar-refractivity contribution is 7.80. The molecule has 1 amide bonds. The minimum atomic E-state index is -1.88. The molecule has 0 saturated carbocycles. The maximum Gasteiger partial charge on any atom is 0.288 e. The molecule has 0 radical (unpaired) electrons. The monoisotopic (exact) mass is 433 g/mol. The maximum atomic E-state index is 12.1. The fourth-order valence-electron chi connectivity index (χ4n) is 1.90. The van der Waals surface area contributed by atoms with Gasteiger partial charge in [-0.15, -0.1) is 0 Å². The first kappa shape index (κ1) is 20.5. The first-order valence-electron chi connectivity index (χ1n) is 7.26. The predicted octanol–water partition coefficient (Wildman–Crippen LogP) is 3.89. The molecule has 6 nitrogen and oxygen atoms in total. The van der Waals surface area contributed by atoms with Gasteiger partial charge in [0, 0.05) is 11.3 Å². The summed E-state index contributed by atoms with van der Waals surface area (Å²) in [6.45, 7) is 1.47. The van der Waals surface area contributed by atoms with Crippen LogP contribution in [0.15, 0.2) is 47.1 Å². The van der Waals surface area contributed by atoms with Gasteiger partial charge < -0.3 is 20.4 Å². The van der Waals surface area contributed by atoms with Crippen LogP contribution in [-0.2, 0) is 0 Å². The summed E-state index contributed by atoms with van der Waals surface area (Å²) in [5.41, 5.74) is 1.19. The second-order valence-corrected chi connectivity index (χ2v) is 7.93. The van der Waals surface area contributed by atoms with Crippen molar-refractivity contribution in [1.29, 1.82) is 0 Å². The van der Waals surface area contributed by atoms with Crippen LogP contribution in [0.3, 0.4) is 0 Å². The molecule has 26 heavy (non-hydrogen) atoms. The van der Waals surface area contributed by atoms with Gasteiger partial charge in [0.15, 0.2) is 16.7 Å². The highest BCUT2D eigenvalue weighted by Crippen LogP contribution is 2.29. The van der Waals surface area contributed by atoms with Crippen LogP contribution in [0, 0.1) is 0 Å². The number of carbonyl (C=O) groups excluding carboxylic acids is 2. The van der Waals surface area contributed by atoms with E-state index in [-0.39, 0.29) is 16.7 Å². The largest absolute Gasteiger partial charge is 0.459 e. The SMILES string of the molecule is CC(=O)c1ccc(NC(=S)N[C@H](NC(=O)c2ccco2)C(Cl)(Cl)Cl)cc1. The van der Waals surface area contributed by atoms with Crippen LogP contribution in [-0.4, -0.2) is 26.8 Å². The number of ketones is 1. The molecule has 0 unspecified atom stereocenters. The summed E-state index contributed by atoms with van der Waals surface area (Å²) in [6, 6.07) is 9.69. The van der Waals surface area contributed by atoms with Crippen LogP contribution >= 0.6 is 47.0 Å². The highest BCUT2D eigenvalue weighted by Gasteiger charge is 2.35. The molecule has 0 fully saturated rings. The molecule has 1 aromatic carbocycles. The Balaban J connectivity index is 2.02. The van der Waals surface area contributed by atoms with Gasteiger partial charge in [0.2, 0.25) is 3.79 Å². The number of furan rings is 1. The van der Waals surface area contributed by atoms with Gasteiger partial charge in [-0.25, -0.2) is 0 Å². The molecule has 0 saturated heterocycles. The molecule has 0 aliphatic rings. The van der Waals surface area contributed by atoms with E-state index in [0.717, 1.165) is 0 Å². The zero-order chi connectivity index (χ0) is 19.3. The Morgan fingerprint density at radius 2 is 1.77 bits per heavy atom. The van der Waals surface area contributed by atoms with Crippen molar-refractivity contribution in [3.05, 3.63) is 54.0 Å². The normalized spacial score (nSPS) is 12.2. The molecule has 1 atom stereocenters. The molecule has 0 aliphatic heterocycles. The highest BCUT2D eigenvalue weighted by atomic mass is 35.6. The molecule has 2 aromatic rings. The number of rotatable bonds is 5. The van der Waals surface area contributed by atoms with Gasteiger partial charge in [0.05, 0.1) is 6.26 Å². The Morgan fingerprint density at radius 1 is 1.12 bits per heavy atom. The van der Waals surface area contributed by atoms with E-state index in [9.17, 15) is 9.59 Å². The number of Topliss-reactive ketones (excluding diaryl/α,β-unsaturated/α-hetero) is 1. The molecule has 0 aliphatic carbocycles. The van der Waals surface area contributed by atoms with Crippen LogP contribution in [0.2, 0.25) is 0 Å². The topological polar surface area (TPSA) is 83.4 Å². The molecule has 138 valence electrons. The van der Waals surface area contributed by atoms with E-state index in [2.05, 4.69) is 16.0 Å². The summed E-state index contributed by atoms with van der Waals surface area (Å²) < 4.78 is 3.11. The maximum absolute atomic E-state index is 12.1. The van der Waals surface area contributed by atoms with Gasteiger partial charge in [-0.3, -0.25) is 9.59 Å². The van der Waals surface area contributed by atoms with Crippen LogP contribution in [0.5, 0.6) is 0 Å². The smallest absolute Gasteiger partial charge is 0.288 e. The van der Waals surface area contributed by atoms with Crippen molar-refractivity contribution < 1.29 is 14.0 Å². The van der Waals surface area contributed by atoms with Crippen LogP contribution in [0.4, 0.5) is 5.69 Å². The van der Waals surface area contributed by atoms with E-state index in [1.165, 1.54) is 19.3 Å². The summed E-state index contributed by atoms with van der Waals surface area (Å²) in [4.78, 5) is 23.4. The average Bonchev–Trinajstić information content (AvgIpc) is 3.08. The third-order valence-electron chi connectivity index (χ3n) is 3.17. The fourth-order valence-corrected chi connectivity index (χ4v) is 2.46. The van der Waals surface area contributed by atoms with E-state index in [0.29, 0.717) is 11.3 Å². The molecule has 10 heteroatoms. The van der Waals surface area contributed by atoms with E-state index in [4.69, 9.17) is 51.4 Å². The third kappa shape index (κ3) is 5.88. The van der Waals surface area contributed by atoms with Crippen molar-refractivity contribution >= 4 is 69.5 Å². The summed E-state index contributed by atoms with van der Waals surface area (Å²) in [7, 11) is 0. The van der Waals surface area contributed by atoms with Crippen molar-refractivity contribution in [3.8, 4) is 0 Å². The second kappa shape index (κ2) is 8.73. The molecule has 2 rings (SSSR count). The van der Waals surface area contributed by atoms with E-state index in [1.807, 2.05) is 0 Å². The van der Waals surface area contributed by atoms with Crippen LogP contribution < -0.4 is 16.0 Å². The van der Waals surface area contributed by atoms with Crippen molar-refractivity contribution in [3.63, 3.8) is 0 Å². The Morgan fingerprint density at radius 3 is 2.27 bits per heavy atom. The standard InChI is InChI=1S/C16H14Cl3N3O3S/c1-9(23)10-4-6-11(7-5-10)20-15(26)22-14(16(17,18)19)21-13(24)12-3-2-8-25-12/h2-8,14H,1H3,(H,21,24)(H2,20,22,26)/t14-/m0/s1. The van der Waals surface area contributed by atoms with E-state index < -0.39 is 15.9 Å². The Hall–Kier alpha value is -1.80. The zero-order valence-electron chi connectivity index (χ0n) is 13.4. The number of benzene rings is 1. The number of hydrogen-bond donors (Lipinski definition) is 3. The molecule has 3 N–H and O–H groups in total. The Bertz CT molecular complexity index is 789. The molecular weight excluding hydrogens is 421 g/mol. The summed E-state index contributed by atoms with van der Waals surface area (Å²) in [5, 5.41) is 8.19. The lowest BCUT2D eigenvalue weighted by Gasteiger charge is -2.27. The summed E-state index contributed by atoms with van der Waals surface area (Å²) in [6.07, 6.45) is 0.227. The van der Waals surface area contributed by atoms with E-state index >= 15 is 0 Å². The number of thiocarbonyl (C=S) groups is 1. The zero-order valence-corrected chi connectivity index (χ0v) is 16.5. The first-order chi connectivity index (χ1) is 12.2. The van der Waals surface area contributed by atoms with Gasteiger partial charge in [-0.2, -0.15) is 0 Å². The van der Waals surface area contributed by atoms with Crippen molar-refractivity contribution in [2.75, 3.05) is 5.32 Å². The molecule has 0 spiro atoms. The van der Waals surface area contributed by atoms with Crippen molar-refractivity contribution in [1.82, 2.24) is 10.6 Å². The number of anilines is 1.